The number of benzene rings is 1. The van der Waals surface area contributed by atoms with Crippen LogP contribution in [0.25, 0.3) is 5.70 Å². The number of ketones is 1. The maximum absolute atomic E-state index is 14.2. The van der Waals surface area contributed by atoms with Crippen molar-refractivity contribution in [1.82, 2.24) is 16.0 Å². The fourth-order valence-electron chi connectivity index (χ4n) is 9.92. The summed E-state index contributed by atoms with van der Waals surface area (Å²) in [7, 11) is 4.96. The molecule has 0 radical (unpaired) electrons. The number of cyclic esters (lactones) is 1. The van der Waals surface area contributed by atoms with Gasteiger partial charge < -0.3 is 39.6 Å². The van der Waals surface area contributed by atoms with E-state index in [1.165, 1.54) is 0 Å². The van der Waals surface area contributed by atoms with E-state index in [2.05, 4.69) is 48.2 Å². The van der Waals surface area contributed by atoms with Crippen LogP contribution in [0.5, 0.6) is 0 Å². The van der Waals surface area contributed by atoms with Crippen LogP contribution in [0, 0.1) is 35.5 Å². The van der Waals surface area contributed by atoms with Crippen molar-refractivity contribution in [2.45, 2.75) is 115 Å². The zero-order valence-corrected chi connectivity index (χ0v) is 32.0. The highest BCUT2D eigenvalue weighted by Crippen LogP contribution is 2.57. The highest BCUT2D eigenvalue weighted by atomic mass is 16.7. The standard InChI is InChI=1S/C41H58N4O8/c1-7-26-11-9-8-10-22(2)37(47)33-18-29-28-16-27(53-41-40(50-6)39(49-5)38(48-4)23(3)51-41)17-32(28)35(19-30(29)31(33)20-36(46)52-26)45-21-34(43-44-45)24-12-14-25(42)15-13-24/h12-15,18-19,21-23,26-32,38-41,43-44H,7-11,16-17,20,42H2,1-6H3/t22-,23?,26+,27+,28+,29+,30-,31+,32-,38+,39-,40?,41+/m1/s1. The molecule has 3 aliphatic carbocycles. The van der Waals surface area contributed by atoms with E-state index >= 15 is 0 Å². The first-order chi connectivity index (χ1) is 25.6. The van der Waals surface area contributed by atoms with E-state index in [4.69, 9.17) is 34.2 Å². The van der Waals surface area contributed by atoms with Gasteiger partial charge in [-0.25, -0.2) is 0 Å². The third-order valence-electron chi connectivity index (χ3n) is 12.7. The lowest BCUT2D eigenvalue weighted by Gasteiger charge is -2.44. The molecular weight excluding hydrogens is 676 g/mol. The first-order valence-corrected chi connectivity index (χ1v) is 19.6. The van der Waals surface area contributed by atoms with Crippen molar-refractivity contribution in [1.29, 1.82) is 0 Å². The van der Waals surface area contributed by atoms with E-state index in [-0.39, 0.29) is 84.2 Å². The van der Waals surface area contributed by atoms with Crippen LogP contribution in [0.1, 0.15) is 77.7 Å². The number of carbonyl (C=O) groups excluding carboxylic acids is 2. The second-order valence-corrected chi connectivity index (χ2v) is 15.8. The minimum Gasteiger partial charge on any atom is -0.462 e. The second-order valence-electron chi connectivity index (χ2n) is 15.8. The molecule has 4 N–H and O–H groups in total. The highest BCUT2D eigenvalue weighted by molar-refractivity contribution is 5.98. The SMILES string of the molecule is CC[C@H]1CCCC[C@@H](C)C(=O)C2=C[C@@H]3[C@@H](C=C(N4C=C(c5ccc(N)cc5)NN4)[C@@H]4C[C@@H](O[C@@H]5OC(C)[C@H](OC)[C@@H](OC)C5OC)C[C@@H]34)[C@@H]2CC(=O)O1. The van der Waals surface area contributed by atoms with Gasteiger partial charge in [-0.15, -0.1) is 5.53 Å². The number of nitrogens with two attached hydrogens (primary N) is 1. The maximum atomic E-state index is 14.2. The van der Waals surface area contributed by atoms with Gasteiger partial charge in [0.15, 0.2) is 12.1 Å². The summed E-state index contributed by atoms with van der Waals surface area (Å²) in [5.41, 5.74) is 17.2. The number of allylic oxidation sites excluding steroid dienone is 4. The van der Waals surface area contributed by atoms with Crippen molar-refractivity contribution < 1.29 is 38.0 Å². The Morgan fingerprint density at radius 2 is 1.64 bits per heavy atom. The molecule has 12 nitrogen and oxygen atoms in total. The molecule has 3 fully saturated rings. The van der Waals surface area contributed by atoms with Gasteiger partial charge in [-0.2, -0.15) is 0 Å². The normalized spacial score (nSPS) is 39.0. The van der Waals surface area contributed by atoms with Crippen LogP contribution in [-0.2, 0) is 38.0 Å². The number of hydrogen-bond acceptors (Lipinski definition) is 12. The Morgan fingerprint density at radius 1 is 0.906 bits per heavy atom. The third kappa shape index (κ3) is 7.55. The van der Waals surface area contributed by atoms with E-state index < -0.39 is 12.4 Å². The van der Waals surface area contributed by atoms with Crippen LogP contribution in [0.3, 0.4) is 0 Å². The minimum absolute atomic E-state index is 0.0551. The Hall–Kier alpha value is -3.26. The van der Waals surface area contributed by atoms with Gasteiger partial charge in [-0.05, 0) is 80.9 Å². The van der Waals surface area contributed by atoms with Gasteiger partial charge in [-0.3, -0.25) is 14.6 Å². The van der Waals surface area contributed by atoms with Crippen LogP contribution < -0.4 is 16.7 Å². The molecule has 12 heteroatoms. The molecule has 290 valence electrons. The number of fused-ring (bicyclic) bond motifs is 5. The van der Waals surface area contributed by atoms with Crippen LogP contribution >= 0.6 is 0 Å². The van der Waals surface area contributed by atoms with E-state index in [1.54, 1.807) is 21.3 Å². The summed E-state index contributed by atoms with van der Waals surface area (Å²) in [5.74, 6) is -0.146. The fourth-order valence-corrected chi connectivity index (χ4v) is 9.92. The summed E-state index contributed by atoms with van der Waals surface area (Å²) in [6.45, 7) is 6.09. The summed E-state index contributed by atoms with van der Waals surface area (Å²) in [6.07, 6.45) is 10.3. The Balaban J connectivity index is 1.22. The highest BCUT2D eigenvalue weighted by Gasteiger charge is 2.55. The molecule has 6 aliphatic rings. The van der Waals surface area contributed by atoms with Crippen molar-refractivity contribution >= 4 is 23.1 Å². The van der Waals surface area contributed by atoms with Crippen LogP contribution in [0.4, 0.5) is 5.69 Å². The largest absolute Gasteiger partial charge is 0.462 e. The van der Waals surface area contributed by atoms with Gasteiger partial charge in [0, 0.05) is 62.2 Å². The molecule has 0 aromatic heterocycles. The van der Waals surface area contributed by atoms with Crippen molar-refractivity contribution in [3.8, 4) is 0 Å². The lowest BCUT2D eigenvalue weighted by Crippen LogP contribution is -2.59. The van der Waals surface area contributed by atoms with Crippen molar-refractivity contribution in [2.24, 2.45) is 35.5 Å². The molecule has 0 bridgehead atoms. The Morgan fingerprint density at radius 3 is 2.36 bits per heavy atom. The lowest BCUT2D eigenvalue weighted by molar-refractivity contribution is -0.314. The maximum Gasteiger partial charge on any atom is 0.306 e. The molecule has 2 unspecified atom stereocenters. The zero-order chi connectivity index (χ0) is 37.4. The molecule has 13 atom stereocenters. The first-order valence-electron chi connectivity index (χ1n) is 19.6. The van der Waals surface area contributed by atoms with Crippen LogP contribution in [0.2, 0.25) is 0 Å². The number of ether oxygens (including phenoxy) is 6. The molecule has 1 saturated carbocycles. The molecule has 7 rings (SSSR count). The predicted octanol–water partition coefficient (Wildman–Crippen LogP) is 5.27. The van der Waals surface area contributed by atoms with E-state index in [0.717, 1.165) is 67.5 Å². The number of nitrogen functional groups attached to an aromatic ring is 1. The average Bonchev–Trinajstić information content (AvgIpc) is 3.89. The summed E-state index contributed by atoms with van der Waals surface area (Å²) >= 11 is 0. The van der Waals surface area contributed by atoms with E-state index in [0.29, 0.717) is 5.69 Å². The van der Waals surface area contributed by atoms with Crippen molar-refractivity contribution in [3.05, 3.63) is 59.5 Å². The summed E-state index contributed by atoms with van der Waals surface area (Å²) < 4.78 is 36.8. The predicted molar refractivity (Wildman–Crippen MR) is 199 cm³/mol. The summed E-state index contributed by atoms with van der Waals surface area (Å²) in [5, 5.41) is 2.06. The number of esters is 1. The third-order valence-corrected chi connectivity index (χ3v) is 12.7. The van der Waals surface area contributed by atoms with E-state index in [1.807, 2.05) is 31.2 Å². The molecule has 0 spiro atoms. The molecule has 2 saturated heterocycles. The molecule has 0 amide bonds. The quantitative estimate of drug-likeness (QED) is 0.237. The Bertz CT molecular complexity index is 1580. The number of nitrogens with one attached hydrogen (secondary N) is 2. The minimum atomic E-state index is -0.649. The van der Waals surface area contributed by atoms with Crippen molar-refractivity contribution in [3.63, 3.8) is 0 Å². The van der Waals surface area contributed by atoms with Gasteiger partial charge >= 0.3 is 5.97 Å². The van der Waals surface area contributed by atoms with Gasteiger partial charge in [0.2, 0.25) is 0 Å². The van der Waals surface area contributed by atoms with Crippen LogP contribution in [-0.4, -0.2) is 81.0 Å². The number of hydrazine groups is 2. The topological polar surface area (TPSA) is 143 Å². The number of nitrogens with zero attached hydrogens (tertiary/aromatic N) is 1. The van der Waals surface area contributed by atoms with Crippen LogP contribution in [0.15, 0.2) is 53.9 Å². The number of rotatable bonds is 8. The number of Topliss-reactive ketones (excluding diaryl/α,β-unsaturated/α-hetero) is 1. The smallest absolute Gasteiger partial charge is 0.306 e. The number of anilines is 1. The first kappa shape index (κ1) is 38.0. The average molecular weight is 735 g/mol. The molecule has 3 heterocycles. The number of hydrogen-bond donors (Lipinski definition) is 3. The number of carbonyl (C=O) groups is 2. The van der Waals surface area contributed by atoms with Gasteiger partial charge in [0.05, 0.1) is 24.3 Å². The Labute approximate surface area is 313 Å². The summed E-state index contributed by atoms with van der Waals surface area (Å²) in [4.78, 5) is 27.9. The molecule has 3 aliphatic heterocycles. The fraction of sp³-hybridized carbons (Fsp3) is 0.659. The molecule has 1 aromatic carbocycles. The zero-order valence-electron chi connectivity index (χ0n) is 32.0. The lowest BCUT2D eigenvalue weighted by atomic mass is 9.68. The second kappa shape index (κ2) is 16.2. The number of methoxy groups -OCH3 is 3. The van der Waals surface area contributed by atoms with Gasteiger partial charge in [0.1, 0.15) is 24.4 Å². The molecule has 53 heavy (non-hydrogen) atoms. The molecule has 1 aromatic rings. The van der Waals surface area contributed by atoms with Crippen molar-refractivity contribution in [2.75, 3.05) is 27.1 Å². The van der Waals surface area contributed by atoms with E-state index in [9.17, 15) is 9.59 Å². The Kier molecular flexibility index (Phi) is 11.6. The molecular formula is C41H58N4O8. The van der Waals surface area contributed by atoms with Gasteiger partial charge in [0.25, 0.3) is 0 Å². The van der Waals surface area contributed by atoms with Gasteiger partial charge in [-0.1, -0.05) is 44.6 Å². The monoisotopic (exact) mass is 734 g/mol. The summed E-state index contributed by atoms with van der Waals surface area (Å²) in [6, 6.07) is 7.76.